The Labute approximate surface area is 211 Å². The zero-order valence-corrected chi connectivity index (χ0v) is 23.2. The molecule has 35 heavy (non-hydrogen) atoms. The van der Waals surface area contributed by atoms with Crippen molar-refractivity contribution in [3.05, 3.63) is 0 Å². The van der Waals surface area contributed by atoms with Gasteiger partial charge in [0.15, 0.2) is 6.10 Å². The van der Waals surface area contributed by atoms with Gasteiger partial charge in [-0.3, -0.25) is 19.4 Å². The molecule has 0 saturated heterocycles. The Balaban J connectivity index is 4.95. The number of aliphatic imine (C=N–C) groups is 1. The van der Waals surface area contributed by atoms with E-state index in [4.69, 9.17) is 25.4 Å². The molecule has 0 radical (unpaired) electrons. The van der Waals surface area contributed by atoms with E-state index in [1.165, 1.54) is 0 Å². The summed E-state index contributed by atoms with van der Waals surface area (Å²) in [6.07, 6.45) is 0.663. The third-order valence-electron chi connectivity index (χ3n) is 5.78. The van der Waals surface area contributed by atoms with Crippen LogP contribution < -0.4 is 5.73 Å². The van der Waals surface area contributed by atoms with E-state index in [-0.39, 0.29) is 49.9 Å². The molecule has 0 aliphatic carbocycles. The summed E-state index contributed by atoms with van der Waals surface area (Å²) in [6, 6.07) is 0. The van der Waals surface area contributed by atoms with Crippen LogP contribution in [0.3, 0.4) is 0 Å². The molecule has 9 nitrogen and oxygen atoms in total. The fraction of sp³-hybridized carbons (Fsp3) is 0.808. The quantitative estimate of drug-likeness (QED) is 0.194. The summed E-state index contributed by atoms with van der Waals surface area (Å²) in [5, 5.41) is 7.41. The largest absolute Gasteiger partial charge is 0.462 e. The second-order valence-corrected chi connectivity index (χ2v) is 11.4. The number of nitrogens with one attached hydrogen (secondary N) is 1. The predicted octanol–water partition coefficient (Wildman–Crippen LogP) is 4.39. The van der Waals surface area contributed by atoms with Crippen LogP contribution in [0.2, 0.25) is 0 Å². The Morgan fingerprint density at radius 2 is 1.29 bits per heavy atom. The number of hydrogen-bond acceptors (Lipinski definition) is 9. The Hall–Kier alpha value is -2.29. The molecule has 0 bridgehead atoms. The van der Waals surface area contributed by atoms with Gasteiger partial charge in [0.05, 0.1) is 18.4 Å². The summed E-state index contributed by atoms with van der Waals surface area (Å²) in [4.78, 5) is 41.2. The summed E-state index contributed by atoms with van der Waals surface area (Å²) in [5.41, 5.74) is 6.40. The first-order chi connectivity index (χ1) is 15.8. The van der Waals surface area contributed by atoms with Crippen molar-refractivity contribution >= 4 is 29.3 Å². The molecule has 0 saturated carbocycles. The topological polar surface area (TPSA) is 141 Å². The maximum absolute atomic E-state index is 12.4. The van der Waals surface area contributed by atoms with Crippen molar-refractivity contribution in [1.29, 1.82) is 5.41 Å². The monoisotopic (exact) mass is 497 g/mol. The van der Waals surface area contributed by atoms with Gasteiger partial charge >= 0.3 is 17.9 Å². The van der Waals surface area contributed by atoms with Crippen molar-refractivity contribution in [1.82, 2.24) is 0 Å². The van der Waals surface area contributed by atoms with Crippen LogP contribution in [0.25, 0.3) is 0 Å². The lowest BCUT2D eigenvalue weighted by molar-refractivity contribution is -0.166. The highest BCUT2D eigenvalue weighted by molar-refractivity contribution is 5.86. The van der Waals surface area contributed by atoms with Gasteiger partial charge in [0.2, 0.25) is 0 Å². The average molecular weight is 498 g/mol. The van der Waals surface area contributed by atoms with Gasteiger partial charge in [-0.15, -0.1) is 0 Å². The van der Waals surface area contributed by atoms with Crippen LogP contribution in [0.15, 0.2) is 4.99 Å². The first kappa shape index (κ1) is 32.7. The molecule has 1 atom stereocenters. The van der Waals surface area contributed by atoms with Crippen molar-refractivity contribution in [3.8, 4) is 0 Å². The van der Waals surface area contributed by atoms with E-state index in [2.05, 4.69) is 4.99 Å². The minimum absolute atomic E-state index is 0.0577. The summed E-state index contributed by atoms with van der Waals surface area (Å²) < 4.78 is 16.0. The molecule has 0 heterocycles. The molecule has 202 valence electrons. The van der Waals surface area contributed by atoms with Crippen LogP contribution in [0.5, 0.6) is 0 Å². The highest BCUT2D eigenvalue weighted by atomic mass is 16.6. The third-order valence-corrected chi connectivity index (χ3v) is 5.78. The Bertz CT molecular complexity index is 760. The minimum atomic E-state index is -0.921. The van der Waals surface area contributed by atoms with Gasteiger partial charge in [0, 0.05) is 23.4 Å². The Morgan fingerprint density at radius 1 is 0.800 bits per heavy atom. The smallest absolute Gasteiger partial charge is 0.306 e. The highest BCUT2D eigenvalue weighted by Crippen LogP contribution is 2.33. The summed E-state index contributed by atoms with van der Waals surface area (Å²) in [6.45, 7) is 16.7. The maximum atomic E-state index is 12.4. The number of carbonyl (C=O) groups excluding carboxylic acids is 3. The number of nitrogens with two attached hydrogens (primary N) is 1. The number of rotatable bonds is 15. The lowest BCUT2D eigenvalue weighted by Crippen LogP contribution is -2.47. The van der Waals surface area contributed by atoms with E-state index >= 15 is 0 Å². The standard InChI is InChI=1S/C26H47N3O6/c1-18(27)10-12-21(30)33-16-20(35-23(32)13-11-19(2)29-24(3,4)5)17-34-22(31)14-15-25(6,7)26(8,9)28/h20,27H,10-17,28H2,1-9H3. The van der Waals surface area contributed by atoms with E-state index in [0.29, 0.717) is 18.6 Å². The zero-order valence-electron chi connectivity index (χ0n) is 23.2. The molecule has 0 spiro atoms. The fourth-order valence-electron chi connectivity index (χ4n) is 2.81. The van der Waals surface area contributed by atoms with E-state index in [1.807, 2.05) is 55.4 Å². The van der Waals surface area contributed by atoms with Crippen molar-refractivity contribution in [2.75, 3.05) is 13.2 Å². The first-order valence-corrected chi connectivity index (χ1v) is 12.2. The molecule has 0 rings (SSSR count). The lowest BCUT2D eigenvalue weighted by Gasteiger charge is -2.38. The highest BCUT2D eigenvalue weighted by Gasteiger charge is 2.33. The van der Waals surface area contributed by atoms with Crippen LogP contribution in [0, 0.1) is 10.8 Å². The number of hydrogen-bond donors (Lipinski definition) is 2. The SMILES string of the molecule is CC(=N)CCC(=O)OCC(COC(=O)CCC(C)(C)C(C)(C)N)OC(=O)CCC(C)=NC(C)(C)C. The average Bonchev–Trinajstić information content (AvgIpc) is 2.69. The van der Waals surface area contributed by atoms with Gasteiger partial charge in [-0.25, -0.2) is 0 Å². The molecule has 0 aliphatic heterocycles. The predicted molar refractivity (Wildman–Crippen MR) is 138 cm³/mol. The van der Waals surface area contributed by atoms with Crippen molar-refractivity contribution in [2.45, 2.75) is 118 Å². The van der Waals surface area contributed by atoms with Gasteiger partial charge < -0.3 is 25.4 Å². The summed E-state index contributed by atoms with van der Waals surface area (Å²) in [7, 11) is 0. The van der Waals surface area contributed by atoms with Gasteiger partial charge in [-0.2, -0.15) is 0 Å². The van der Waals surface area contributed by atoms with Gasteiger partial charge in [-0.05, 0) is 73.1 Å². The van der Waals surface area contributed by atoms with Crippen LogP contribution in [0.4, 0.5) is 0 Å². The lowest BCUT2D eigenvalue weighted by atomic mass is 9.72. The van der Waals surface area contributed by atoms with Gasteiger partial charge in [0.25, 0.3) is 0 Å². The van der Waals surface area contributed by atoms with E-state index in [9.17, 15) is 14.4 Å². The minimum Gasteiger partial charge on any atom is -0.462 e. The molecule has 0 aromatic carbocycles. The maximum Gasteiger partial charge on any atom is 0.306 e. The zero-order chi connectivity index (χ0) is 27.4. The van der Waals surface area contributed by atoms with Crippen LogP contribution in [0.1, 0.15) is 101 Å². The number of ether oxygens (including phenoxy) is 3. The van der Waals surface area contributed by atoms with Crippen molar-refractivity contribution in [2.24, 2.45) is 16.1 Å². The summed E-state index contributed by atoms with van der Waals surface area (Å²) >= 11 is 0. The molecule has 0 amide bonds. The van der Waals surface area contributed by atoms with Crippen molar-refractivity contribution in [3.63, 3.8) is 0 Å². The molecule has 0 aromatic rings. The second kappa shape index (κ2) is 14.3. The van der Waals surface area contributed by atoms with E-state index in [0.717, 1.165) is 5.71 Å². The van der Waals surface area contributed by atoms with Crippen LogP contribution >= 0.6 is 0 Å². The second-order valence-electron chi connectivity index (χ2n) is 11.4. The first-order valence-electron chi connectivity index (χ1n) is 12.2. The van der Waals surface area contributed by atoms with Gasteiger partial charge in [0.1, 0.15) is 13.2 Å². The van der Waals surface area contributed by atoms with Gasteiger partial charge in [-0.1, -0.05) is 13.8 Å². The Kier molecular flexibility index (Phi) is 13.4. The molecule has 0 aromatic heterocycles. The Morgan fingerprint density at radius 3 is 1.74 bits per heavy atom. The van der Waals surface area contributed by atoms with E-state index < -0.39 is 29.6 Å². The van der Waals surface area contributed by atoms with Crippen LogP contribution in [-0.2, 0) is 28.6 Å². The molecule has 0 fully saturated rings. The van der Waals surface area contributed by atoms with E-state index in [1.54, 1.807) is 6.92 Å². The third kappa shape index (κ3) is 16.1. The number of nitrogens with zero attached hydrogens (tertiary/aromatic N) is 1. The molecule has 9 heteroatoms. The molecular formula is C26H47N3O6. The number of esters is 3. The molecular weight excluding hydrogens is 450 g/mol. The molecule has 3 N–H and O–H groups in total. The number of carbonyl (C=O) groups is 3. The molecule has 1 unspecified atom stereocenters. The molecule has 0 aliphatic rings. The fourth-order valence-corrected chi connectivity index (χ4v) is 2.81. The van der Waals surface area contributed by atoms with Crippen molar-refractivity contribution < 1.29 is 28.6 Å². The summed E-state index contributed by atoms with van der Waals surface area (Å²) in [5.74, 6) is -1.45. The normalized spacial score (nSPS) is 13.7. The van der Waals surface area contributed by atoms with Crippen LogP contribution in [-0.4, -0.2) is 59.7 Å².